The summed E-state index contributed by atoms with van der Waals surface area (Å²) in [5.74, 6) is -0.140. The van der Waals surface area contributed by atoms with Crippen molar-refractivity contribution >= 4 is 29.3 Å². The third-order valence-electron chi connectivity index (χ3n) is 4.31. The SMILES string of the molecule is CSC(C)C(=O)Nc1cccc(CN2CCC(C(N)=O)CC2)c1. The van der Waals surface area contributed by atoms with Crippen molar-refractivity contribution in [3.05, 3.63) is 29.8 Å². The molecule has 1 aromatic rings. The van der Waals surface area contributed by atoms with Crippen molar-refractivity contribution in [2.75, 3.05) is 24.7 Å². The van der Waals surface area contributed by atoms with Gasteiger partial charge >= 0.3 is 0 Å². The molecule has 1 aromatic carbocycles. The van der Waals surface area contributed by atoms with Crippen molar-refractivity contribution in [3.8, 4) is 0 Å². The first-order valence-corrected chi connectivity index (χ1v) is 9.22. The van der Waals surface area contributed by atoms with Crippen molar-refractivity contribution in [2.45, 2.75) is 31.6 Å². The van der Waals surface area contributed by atoms with E-state index in [2.05, 4.69) is 16.3 Å². The predicted octanol–water partition coefficient (Wildman–Crippen LogP) is 2.07. The first-order valence-electron chi connectivity index (χ1n) is 7.94. The topological polar surface area (TPSA) is 75.4 Å². The first kappa shape index (κ1) is 17.8. The van der Waals surface area contributed by atoms with Crippen LogP contribution in [0, 0.1) is 5.92 Å². The van der Waals surface area contributed by atoms with Crippen LogP contribution in [0.15, 0.2) is 24.3 Å². The predicted molar refractivity (Wildman–Crippen MR) is 95.2 cm³/mol. The van der Waals surface area contributed by atoms with Gasteiger partial charge in [-0.15, -0.1) is 0 Å². The first-order chi connectivity index (χ1) is 11.0. The molecule has 23 heavy (non-hydrogen) atoms. The van der Waals surface area contributed by atoms with Crippen LogP contribution in [-0.4, -0.2) is 41.3 Å². The van der Waals surface area contributed by atoms with E-state index in [1.807, 2.05) is 31.4 Å². The van der Waals surface area contributed by atoms with Crippen LogP contribution in [0.4, 0.5) is 5.69 Å². The second-order valence-electron chi connectivity index (χ2n) is 6.02. The van der Waals surface area contributed by atoms with E-state index in [9.17, 15) is 9.59 Å². The minimum atomic E-state index is -0.183. The average molecular weight is 335 g/mol. The van der Waals surface area contributed by atoms with E-state index in [-0.39, 0.29) is 23.0 Å². The summed E-state index contributed by atoms with van der Waals surface area (Å²) >= 11 is 1.53. The Balaban J connectivity index is 1.90. The largest absolute Gasteiger partial charge is 0.369 e. The van der Waals surface area contributed by atoms with Crippen LogP contribution in [-0.2, 0) is 16.1 Å². The van der Waals surface area contributed by atoms with Crippen LogP contribution >= 0.6 is 11.8 Å². The smallest absolute Gasteiger partial charge is 0.237 e. The van der Waals surface area contributed by atoms with E-state index < -0.39 is 0 Å². The maximum atomic E-state index is 12.0. The zero-order valence-electron chi connectivity index (χ0n) is 13.7. The lowest BCUT2D eigenvalue weighted by molar-refractivity contribution is -0.123. The molecule has 2 rings (SSSR count). The molecule has 1 aliphatic rings. The molecule has 1 unspecified atom stereocenters. The van der Waals surface area contributed by atoms with Crippen LogP contribution in [0.1, 0.15) is 25.3 Å². The van der Waals surface area contributed by atoms with Gasteiger partial charge in [-0.2, -0.15) is 11.8 Å². The Morgan fingerprint density at radius 1 is 1.39 bits per heavy atom. The van der Waals surface area contributed by atoms with Gasteiger partial charge in [0.2, 0.25) is 11.8 Å². The highest BCUT2D eigenvalue weighted by molar-refractivity contribution is 7.99. The summed E-state index contributed by atoms with van der Waals surface area (Å²) in [5.41, 5.74) is 7.37. The number of nitrogens with one attached hydrogen (secondary N) is 1. The molecule has 3 N–H and O–H groups in total. The molecule has 0 aromatic heterocycles. The number of anilines is 1. The normalized spacial score (nSPS) is 17.7. The molecule has 6 heteroatoms. The minimum Gasteiger partial charge on any atom is -0.369 e. The van der Waals surface area contributed by atoms with Crippen LogP contribution in [0.2, 0.25) is 0 Å². The van der Waals surface area contributed by atoms with E-state index in [1.54, 1.807) is 0 Å². The summed E-state index contributed by atoms with van der Waals surface area (Å²) in [4.78, 5) is 25.5. The summed E-state index contributed by atoms with van der Waals surface area (Å²) in [5, 5.41) is 2.89. The number of nitrogens with two attached hydrogens (primary N) is 1. The van der Waals surface area contributed by atoms with Gasteiger partial charge in [0.1, 0.15) is 0 Å². The number of primary amides is 1. The Kier molecular flexibility index (Phi) is 6.47. The van der Waals surface area contributed by atoms with Crippen LogP contribution in [0.3, 0.4) is 0 Å². The molecular formula is C17H25N3O2S. The number of carbonyl (C=O) groups is 2. The van der Waals surface area contributed by atoms with Gasteiger partial charge in [0, 0.05) is 18.2 Å². The molecule has 1 aliphatic heterocycles. The molecule has 1 heterocycles. The number of benzene rings is 1. The molecule has 0 bridgehead atoms. The van der Waals surface area contributed by atoms with E-state index in [0.29, 0.717) is 0 Å². The lowest BCUT2D eigenvalue weighted by Crippen LogP contribution is -2.38. The quantitative estimate of drug-likeness (QED) is 0.834. The average Bonchev–Trinajstić information content (AvgIpc) is 2.54. The molecule has 5 nitrogen and oxygen atoms in total. The van der Waals surface area contributed by atoms with Crippen molar-refractivity contribution in [3.63, 3.8) is 0 Å². The Morgan fingerprint density at radius 2 is 2.09 bits per heavy atom. The van der Waals surface area contributed by atoms with Crippen molar-refractivity contribution in [1.82, 2.24) is 4.90 Å². The van der Waals surface area contributed by atoms with Gasteiger partial charge in [0.15, 0.2) is 0 Å². The van der Waals surface area contributed by atoms with Crippen molar-refractivity contribution < 1.29 is 9.59 Å². The lowest BCUT2D eigenvalue weighted by atomic mass is 9.96. The summed E-state index contributed by atoms with van der Waals surface area (Å²) in [6, 6.07) is 7.96. The van der Waals surface area contributed by atoms with Gasteiger partial charge in [-0.1, -0.05) is 12.1 Å². The number of likely N-dealkylation sites (tertiary alicyclic amines) is 1. The number of carbonyl (C=O) groups excluding carboxylic acids is 2. The van der Waals surface area contributed by atoms with Gasteiger partial charge in [0.05, 0.1) is 5.25 Å². The monoisotopic (exact) mass is 335 g/mol. The van der Waals surface area contributed by atoms with Crippen LogP contribution < -0.4 is 11.1 Å². The van der Waals surface area contributed by atoms with Crippen LogP contribution in [0.5, 0.6) is 0 Å². The highest BCUT2D eigenvalue weighted by Gasteiger charge is 2.23. The fraction of sp³-hybridized carbons (Fsp3) is 0.529. The second kappa shape index (κ2) is 8.36. The third kappa shape index (κ3) is 5.25. The maximum absolute atomic E-state index is 12.0. The standard InChI is InChI=1S/C17H25N3O2S/c1-12(23-2)17(22)19-15-5-3-4-13(10-15)11-20-8-6-14(7-9-20)16(18)21/h3-5,10,12,14H,6-9,11H2,1-2H3,(H2,18,21)(H,19,22). The van der Waals surface area contributed by atoms with E-state index in [1.165, 1.54) is 11.8 Å². The Bertz CT molecular complexity index is 557. The number of piperidine rings is 1. The fourth-order valence-electron chi connectivity index (χ4n) is 2.73. The molecule has 0 radical (unpaired) electrons. The molecular weight excluding hydrogens is 310 g/mol. The molecule has 0 saturated carbocycles. The highest BCUT2D eigenvalue weighted by atomic mass is 32.2. The molecule has 0 spiro atoms. The highest BCUT2D eigenvalue weighted by Crippen LogP contribution is 2.20. The third-order valence-corrected chi connectivity index (χ3v) is 5.23. The molecule has 1 fully saturated rings. The van der Waals surface area contributed by atoms with Gasteiger partial charge in [-0.25, -0.2) is 0 Å². The second-order valence-corrected chi connectivity index (χ2v) is 7.20. The minimum absolute atomic E-state index is 0.0184. The Morgan fingerprint density at radius 3 is 2.70 bits per heavy atom. The summed E-state index contributed by atoms with van der Waals surface area (Å²) in [6.45, 7) is 4.49. The Hall–Kier alpha value is -1.53. The summed E-state index contributed by atoms with van der Waals surface area (Å²) in [6.07, 6.45) is 3.59. The Labute approximate surface area is 142 Å². The maximum Gasteiger partial charge on any atom is 0.237 e. The number of nitrogens with zero attached hydrogens (tertiary/aromatic N) is 1. The molecule has 1 saturated heterocycles. The van der Waals surface area contributed by atoms with Gasteiger partial charge < -0.3 is 11.1 Å². The number of hydrogen-bond donors (Lipinski definition) is 2. The molecule has 1 atom stereocenters. The number of hydrogen-bond acceptors (Lipinski definition) is 4. The van der Waals surface area contributed by atoms with E-state index >= 15 is 0 Å². The number of amides is 2. The van der Waals surface area contributed by atoms with Crippen molar-refractivity contribution in [2.24, 2.45) is 11.7 Å². The van der Waals surface area contributed by atoms with Crippen LogP contribution in [0.25, 0.3) is 0 Å². The van der Waals surface area contributed by atoms with Gasteiger partial charge in [-0.05, 0) is 56.8 Å². The molecule has 0 aliphatic carbocycles. The fourth-order valence-corrected chi connectivity index (χ4v) is 3.01. The van der Waals surface area contributed by atoms with E-state index in [4.69, 9.17) is 5.73 Å². The molecule has 126 valence electrons. The number of thioether (sulfide) groups is 1. The summed E-state index contributed by atoms with van der Waals surface area (Å²) < 4.78 is 0. The van der Waals surface area contributed by atoms with Crippen molar-refractivity contribution in [1.29, 1.82) is 0 Å². The van der Waals surface area contributed by atoms with E-state index in [0.717, 1.165) is 43.7 Å². The molecule has 2 amide bonds. The lowest BCUT2D eigenvalue weighted by Gasteiger charge is -2.30. The summed E-state index contributed by atoms with van der Waals surface area (Å²) in [7, 11) is 0. The zero-order valence-corrected chi connectivity index (χ0v) is 14.6. The zero-order chi connectivity index (χ0) is 16.8. The number of rotatable bonds is 6. The van der Waals surface area contributed by atoms with Gasteiger partial charge in [0.25, 0.3) is 0 Å². The van der Waals surface area contributed by atoms with Gasteiger partial charge in [-0.3, -0.25) is 14.5 Å².